The van der Waals surface area contributed by atoms with Gasteiger partial charge in [-0.1, -0.05) is 24.3 Å². The van der Waals surface area contributed by atoms with Crippen molar-refractivity contribution in [3.8, 4) is 11.1 Å². The second kappa shape index (κ2) is 7.62. The first-order chi connectivity index (χ1) is 13.0. The van der Waals surface area contributed by atoms with Gasteiger partial charge in [0.05, 0.1) is 0 Å². The predicted molar refractivity (Wildman–Crippen MR) is 110 cm³/mol. The monoisotopic (exact) mass is 362 g/mol. The summed E-state index contributed by atoms with van der Waals surface area (Å²) in [5, 5.41) is 3.15. The topological polar surface area (TPSA) is 44.9 Å². The Morgan fingerprint density at radius 1 is 1.07 bits per heavy atom. The van der Waals surface area contributed by atoms with Gasteiger partial charge in [0.25, 0.3) is 0 Å². The number of anilines is 1. The molecule has 0 fully saturated rings. The van der Waals surface area contributed by atoms with E-state index in [1.165, 1.54) is 17.7 Å². The van der Waals surface area contributed by atoms with Crippen molar-refractivity contribution in [3.63, 3.8) is 0 Å². The van der Waals surface area contributed by atoms with Crippen molar-refractivity contribution in [2.24, 2.45) is 0 Å². The number of carbonyl (C=O) groups excluding carboxylic acids is 1. The van der Waals surface area contributed by atoms with Crippen molar-refractivity contribution in [2.45, 2.75) is 20.8 Å². The first-order valence-corrected chi connectivity index (χ1v) is 8.86. The summed E-state index contributed by atoms with van der Waals surface area (Å²) in [6.45, 7) is 6.10. The Labute approximate surface area is 158 Å². The number of hydrogen-bond acceptors (Lipinski definition) is 2. The number of benzene rings is 2. The van der Waals surface area contributed by atoms with Crippen molar-refractivity contribution >= 4 is 23.6 Å². The van der Waals surface area contributed by atoms with E-state index in [9.17, 15) is 9.18 Å². The molecule has 0 bridgehead atoms. The number of nitrogens with one attached hydrogen (secondary N) is 2. The summed E-state index contributed by atoms with van der Waals surface area (Å²) in [6.07, 6.45) is 2.71. The Hall–Kier alpha value is -3.14. The van der Waals surface area contributed by atoms with Crippen LogP contribution in [0.25, 0.3) is 22.8 Å². The van der Waals surface area contributed by atoms with Crippen LogP contribution in [0, 0.1) is 26.6 Å². The van der Waals surface area contributed by atoms with Crippen LogP contribution in [0.1, 0.15) is 28.1 Å². The van der Waals surface area contributed by atoms with E-state index in [-0.39, 0.29) is 5.82 Å². The largest absolute Gasteiger partial charge is 0.388 e. The Kier molecular flexibility index (Phi) is 5.26. The maximum Gasteiger partial charge on any atom is 0.150 e. The van der Waals surface area contributed by atoms with Gasteiger partial charge < -0.3 is 10.3 Å². The Morgan fingerprint density at radius 2 is 1.81 bits per heavy atom. The van der Waals surface area contributed by atoms with Gasteiger partial charge in [-0.15, -0.1) is 0 Å². The number of aromatic amines is 1. The maximum atomic E-state index is 13.8. The van der Waals surface area contributed by atoms with Gasteiger partial charge in [-0.05, 0) is 67.3 Å². The van der Waals surface area contributed by atoms with Crippen molar-refractivity contribution < 1.29 is 9.18 Å². The number of aldehydes is 1. The van der Waals surface area contributed by atoms with Crippen LogP contribution in [0.5, 0.6) is 0 Å². The summed E-state index contributed by atoms with van der Waals surface area (Å²) in [5.41, 5.74) is 7.91. The summed E-state index contributed by atoms with van der Waals surface area (Å²) in [6, 6.07) is 12.1. The average molecular weight is 362 g/mol. The minimum atomic E-state index is -0.309. The lowest BCUT2D eigenvalue weighted by Gasteiger charge is -2.15. The molecular formula is C23H23FN2O. The maximum absolute atomic E-state index is 13.8. The van der Waals surface area contributed by atoms with Crippen molar-refractivity contribution in [1.29, 1.82) is 0 Å². The van der Waals surface area contributed by atoms with Crippen LogP contribution in [-0.4, -0.2) is 18.3 Å². The minimum absolute atomic E-state index is 0.309. The van der Waals surface area contributed by atoms with E-state index in [4.69, 9.17) is 0 Å². The zero-order valence-corrected chi connectivity index (χ0v) is 16.0. The highest BCUT2D eigenvalue weighted by Gasteiger charge is 2.16. The van der Waals surface area contributed by atoms with Crippen LogP contribution in [0.4, 0.5) is 10.1 Å². The summed E-state index contributed by atoms with van der Waals surface area (Å²) < 4.78 is 13.8. The standard InChI is InChI=1S/C23H23FN2O/c1-14-15(2)22(26-16(14)3)12-18(13-27)23-20(9-6-10-21(23)25-4)17-7-5-8-19(24)11-17/h5-13,25-26H,1-4H3/b18-12+. The summed E-state index contributed by atoms with van der Waals surface area (Å²) in [4.78, 5) is 15.4. The van der Waals surface area contributed by atoms with Gasteiger partial charge >= 0.3 is 0 Å². The number of rotatable bonds is 5. The first-order valence-electron chi connectivity index (χ1n) is 8.86. The third-order valence-electron chi connectivity index (χ3n) is 5.04. The lowest BCUT2D eigenvalue weighted by Crippen LogP contribution is -1.99. The predicted octanol–water partition coefficient (Wildman–Crippen LogP) is 5.53. The highest BCUT2D eigenvalue weighted by Crippen LogP contribution is 2.35. The quantitative estimate of drug-likeness (QED) is 0.463. The SMILES string of the molecule is CNc1cccc(-c2cccc(F)c2)c1/C(C=O)=C/c1[nH]c(C)c(C)c1C. The third kappa shape index (κ3) is 3.56. The number of allylic oxidation sites excluding steroid dienone is 1. The second-order valence-electron chi connectivity index (χ2n) is 6.62. The van der Waals surface area contributed by atoms with Crippen molar-refractivity contribution in [1.82, 2.24) is 4.98 Å². The van der Waals surface area contributed by atoms with E-state index < -0.39 is 0 Å². The number of halogens is 1. The molecule has 0 atom stereocenters. The van der Waals surface area contributed by atoms with Crippen LogP contribution in [0.15, 0.2) is 42.5 Å². The normalized spacial score (nSPS) is 11.5. The molecule has 3 aromatic rings. The van der Waals surface area contributed by atoms with Crippen LogP contribution < -0.4 is 5.32 Å². The number of aryl methyl sites for hydroxylation is 1. The molecule has 0 radical (unpaired) electrons. The smallest absolute Gasteiger partial charge is 0.150 e. The molecule has 3 rings (SSSR count). The average Bonchev–Trinajstić information content (AvgIpc) is 2.92. The molecule has 0 aliphatic carbocycles. The van der Waals surface area contributed by atoms with Gasteiger partial charge in [0.1, 0.15) is 5.82 Å². The van der Waals surface area contributed by atoms with E-state index in [2.05, 4.69) is 17.2 Å². The Bertz CT molecular complexity index is 1030. The second-order valence-corrected chi connectivity index (χ2v) is 6.62. The summed E-state index contributed by atoms with van der Waals surface area (Å²) in [7, 11) is 1.81. The molecule has 0 saturated carbocycles. The molecule has 0 spiro atoms. The lowest BCUT2D eigenvalue weighted by molar-refractivity contribution is -0.103. The Morgan fingerprint density at radius 3 is 2.41 bits per heavy atom. The van der Waals surface area contributed by atoms with E-state index in [1.54, 1.807) is 6.07 Å². The summed E-state index contributed by atoms with van der Waals surface area (Å²) >= 11 is 0. The zero-order chi connectivity index (χ0) is 19.6. The molecule has 0 aliphatic rings. The lowest BCUT2D eigenvalue weighted by atomic mass is 9.92. The molecule has 2 N–H and O–H groups in total. The number of carbonyl (C=O) groups is 1. The van der Waals surface area contributed by atoms with Gasteiger partial charge in [0.15, 0.2) is 6.29 Å². The summed E-state index contributed by atoms with van der Waals surface area (Å²) in [5.74, 6) is -0.309. The van der Waals surface area contributed by atoms with Gasteiger partial charge in [-0.25, -0.2) is 4.39 Å². The molecule has 3 nitrogen and oxygen atoms in total. The molecule has 1 heterocycles. The molecule has 2 aromatic carbocycles. The highest BCUT2D eigenvalue weighted by atomic mass is 19.1. The van der Waals surface area contributed by atoms with Crippen LogP contribution in [0.2, 0.25) is 0 Å². The fraction of sp³-hybridized carbons (Fsp3) is 0.174. The number of hydrogen-bond donors (Lipinski definition) is 2. The van der Waals surface area contributed by atoms with Gasteiger partial charge in [0, 0.05) is 35.3 Å². The number of H-pyrrole nitrogens is 1. The van der Waals surface area contributed by atoms with E-state index in [0.717, 1.165) is 45.6 Å². The van der Waals surface area contributed by atoms with Gasteiger partial charge in [-0.2, -0.15) is 0 Å². The zero-order valence-electron chi connectivity index (χ0n) is 16.0. The molecular weight excluding hydrogens is 339 g/mol. The van der Waals surface area contributed by atoms with Gasteiger partial charge in [0.2, 0.25) is 0 Å². The molecule has 0 aliphatic heterocycles. The van der Waals surface area contributed by atoms with Crippen LogP contribution in [-0.2, 0) is 4.79 Å². The third-order valence-corrected chi connectivity index (χ3v) is 5.04. The molecule has 0 amide bonds. The van der Waals surface area contributed by atoms with Crippen molar-refractivity contribution in [2.75, 3.05) is 12.4 Å². The fourth-order valence-corrected chi connectivity index (χ4v) is 3.31. The fourth-order valence-electron chi connectivity index (χ4n) is 3.31. The highest BCUT2D eigenvalue weighted by molar-refractivity contribution is 6.17. The van der Waals surface area contributed by atoms with Gasteiger partial charge in [-0.3, -0.25) is 4.79 Å². The van der Waals surface area contributed by atoms with Crippen molar-refractivity contribution in [3.05, 3.63) is 76.4 Å². The molecule has 4 heteroatoms. The molecule has 138 valence electrons. The van der Waals surface area contributed by atoms with E-state index >= 15 is 0 Å². The van der Waals surface area contributed by atoms with E-state index in [1.807, 2.05) is 51.2 Å². The molecule has 27 heavy (non-hydrogen) atoms. The van der Waals surface area contributed by atoms with Crippen LogP contribution in [0.3, 0.4) is 0 Å². The molecule has 1 aromatic heterocycles. The van der Waals surface area contributed by atoms with Crippen LogP contribution >= 0.6 is 0 Å². The number of aromatic nitrogens is 1. The first kappa shape index (κ1) is 18.6. The Balaban J connectivity index is 2.25. The van der Waals surface area contributed by atoms with E-state index in [0.29, 0.717) is 5.57 Å². The minimum Gasteiger partial charge on any atom is -0.388 e. The molecule has 0 saturated heterocycles. The molecule has 0 unspecified atom stereocenters.